The van der Waals surface area contributed by atoms with E-state index in [9.17, 15) is 13.2 Å². The molecule has 0 bridgehead atoms. The Morgan fingerprint density at radius 3 is 2.41 bits per heavy atom. The summed E-state index contributed by atoms with van der Waals surface area (Å²) in [6.45, 7) is 1.84. The second-order valence-electron chi connectivity index (χ2n) is 3.74. The summed E-state index contributed by atoms with van der Waals surface area (Å²) in [6, 6.07) is 9.27. The summed E-state index contributed by atoms with van der Waals surface area (Å²) in [6.07, 6.45) is -3.15. The van der Waals surface area contributed by atoms with Gasteiger partial charge in [0.2, 0.25) is 0 Å². The van der Waals surface area contributed by atoms with Crippen molar-refractivity contribution in [2.45, 2.75) is 13.1 Å². The van der Waals surface area contributed by atoms with E-state index in [-0.39, 0.29) is 0 Å². The summed E-state index contributed by atoms with van der Waals surface area (Å²) in [5, 5.41) is 0. The number of aromatic nitrogens is 1. The molecule has 1 aromatic heterocycles. The zero-order valence-electron chi connectivity index (χ0n) is 9.12. The van der Waals surface area contributed by atoms with Gasteiger partial charge in [0.25, 0.3) is 0 Å². The van der Waals surface area contributed by atoms with Gasteiger partial charge in [0.1, 0.15) is 0 Å². The van der Waals surface area contributed by atoms with E-state index in [1.165, 1.54) is 6.20 Å². The van der Waals surface area contributed by atoms with Crippen LogP contribution < -0.4 is 0 Å². The molecule has 17 heavy (non-hydrogen) atoms. The minimum Gasteiger partial charge on any atom is -0.256 e. The highest BCUT2D eigenvalue weighted by Gasteiger charge is 2.30. The van der Waals surface area contributed by atoms with Crippen LogP contribution in [0.5, 0.6) is 0 Å². The maximum atomic E-state index is 12.6. The number of aryl methyl sites for hydroxylation is 1. The largest absolute Gasteiger partial charge is 0.416 e. The van der Waals surface area contributed by atoms with Crippen molar-refractivity contribution >= 4 is 0 Å². The van der Waals surface area contributed by atoms with Crippen LogP contribution in [0.3, 0.4) is 0 Å². The van der Waals surface area contributed by atoms with Crippen LogP contribution in [0.2, 0.25) is 0 Å². The van der Waals surface area contributed by atoms with Crippen LogP contribution in [0.1, 0.15) is 11.1 Å². The van der Waals surface area contributed by atoms with Gasteiger partial charge < -0.3 is 0 Å². The zero-order valence-corrected chi connectivity index (χ0v) is 9.12. The third-order valence-corrected chi connectivity index (χ3v) is 2.51. The smallest absolute Gasteiger partial charge is 0.256 e. The van der Waals surface area contributed by atoms with Crippen molar-refractivity contribution in [3.05, 3.63) is 53.7 Å². The molecule has 1 nitrogen and oxygen atoms in total. The Labute approximate surface area is 96.9 Å². The Bertz CT molecular complexity index is 532. The first-order chi connectivity index (χ1) is 7.98. The van der Waals surface area contributed by atoms with Gasteiger partial charge in [-0.05, 0) is 24.6 Å². The summed E-state index contributed by atoms with van der Waals surface area (Å²) in [7, 11) is 0. The second kappa shape index (κ2) is 4.20. The normalized spacial score (nSPS) is 11.5. The summed E-state index contributed by atoms with van der Waals surface area (Å²) < 4.78 is 37.7. The van der Waals surface area contributed by atoms with E-state index < -0.39 is 11.7 Å². The van der Waals surface area contributed by atoms with Crippen molar-refractivity contribution in [3.8, 4) is 11.3 Å². The summed E-state index contributed by atoms with van der Waals surface area (Å²) >= 11 is 0. The lowest BCUT2D eigenvalue weighted by Gasteiger charge is -2.09. The van der Waals surface area contributed by atoms with Crippen molar-refractivity contribution in [1.29, 1.82) is 0 Å². The molecule has 0 saturated heterocycles. The van der Waals surface area contributed by atoms with Gasteiger partial charge in [0.15, 0.2) is 0 Å². The SMILES string of the molecule is Cc1ccccc1-c1cc(C(F)(F)F)ccn1. The monoisotopic (exact) mass is 237 g/mol. The Hall–Kier alpha value is -1.84. The number of hydrogen-bond donors (Lipinski definition) is 0. The molecule has 0 amide bonds. The van der Waals surface area contributed by atoms with Gasteiger partial charge in [-0.2, -0.15) is 13.2 Å². The maximum Gasteiger partial charge on any atom is 0.416 e. The lowest BCUT2D eigenvalue weighted by molar-refractivity contribution is -0.137. The molecule has 1 heterocycles. The van der Waals surface area contributed by atoms with Gasteiger partial charge in [-0.15, -0.1) is 0 Å². The van der Waals surface area contributed by atoms with Crippen LogP contribution in [0.4, 0.5) is 13.2 Å². The van der Waals surface area contributed by atoms with E-state index >= 15 is 0 Å². The Morgan fingerprint density at radius 2 is 1.76 bits per heavy atom. The molecule has 0 aliphatic heterocycles. The number of hydrogen-bond acceptors (Lipinski definition) is 1. The van der Waals surface area contributed by atoms with Crippen LogP contribution >= 0.6 is 0 Å². The number of nitrogens with zero attached hydrogens (tertiary/aromatic N) is 1. The predicted octanol–water partition coefficient (Wildman–Crippen LogP) is 4.08. The summed E-state index contributed by atoms with van der Waals surface area (Å²) in [5.41, 5.74) is 1.29. The fourth-order valence-corrected chi connectivity index (χ4v) is 1.61. The van der Waals surface area contributed by atoms with Gasteiger partial charge in [0, 0.05) is 11.8 Å². The molecule has 2 rings (SSSR count). The topological polar surface area (TPSA) is 12.9 Å². The number of halogens is 3. The molecule has 0 saturated carbocycles. The molecular weight excluding hydrogens is 227 g/mol. The first-order valence-electron chi connectivity index (χ1n) is 5.08. The summed E-state index contributed by atoms with van der Waals surface area (Å²) in [5.74, 6) is 0. The standard InChI is InChI=1S/C13H10F3N/c1-9-4-2-3-5-11(9)12-8-10(6-7-17-12)13(14,15)16/h2-8H,1H3. The lowest BCUT2D eigenvalue weighted by Crippen LogP contribution is -2.05. The minimum atomic E-state index is -4.33. The van der Waals surface area contributed by atoms with Crippen molar-refractivity contribution in [2.75, 3.05) is 0 Å². The minimum absolute atomic E-state index is 0.345. The third-order valence-electron chi connectivity index (χ3n) is 2.51. The van der Waals surface area contributed by atoms with E-state index in [1.807, 2.05) is 19.1 Å². The van der Waals surface area contributed by atoms with E-state index in [0.29, 0.717) is 5.69 Å². The summed E-state index contributed by atoms with van der Waals surface area (Å²) in [4.78, 5) is 3.98. The molecule has 0 fully saturated rings. The zero-order chi connectivity index (χ0) is 12.5. The number of benzene rings is 1. The molecule has 0 unspecified atom stereocenters. The van der Waals surface area contributed by atoms with Crippen LogP contribution in [-0.2, 0) is 6.18 Å². The van der Waals surface area contributed by atoms with E-state index in [4.69, 9.17) is 0 Å². The predicted molar refractivity (Wildman–Crippen MR) is 59.4 cm³/mol. The number of rotatable bonds is 1. The third kappa shape index (κ3) is 2.46. The van der Waals surface area contributed by atoms with Crippen LogP contribution in [0.25, 0.3) is 11.3 Å². The van der Waals surface area contributed by atoms with Crippen LogP contribution in [0, 0.1) is 6.92 Å². The Morgan fingerprint density at radius 1 is 1.06 bits per heavy atom. The molecule has 0 N–H and O–H groups in total. The highest BCUT2D eigenvalue weighted by atomic mass is 19.4. The van der Waals surface area contributed by atoms with Crippen molar-refractivity contribution in [1.82, 2.24) is 4.98 Å². The molecule has 0 radical (unpaired) electrons. The molecule has 4 heteroatoms. The van der Waals surface area contributed by atoms with Crippen LogP contribution in [0.15, 0.2) is 42.6 Å². The molecule has 1 aromatic carbocycles. The van der Waals surface area contributed by atoms with Crippen LogP contribution in [-0.4, -0.2) is 4.98 Å². The maximum absolute atomic E-state index is 12.6. The molecule has 88 valence electrons. The lowest BCUT2D eigenvalue weighted by atomic mass is 10.0. The van der Waals surface area contributed by atoms with E-state index in [1.54, 1.807) is 12.1 Å². The number of pyridine rings is 1. The average Bonchev–Trinajstić information content (AvgIpc) is 2.29. The van der Waals surface area contributed by atoms with Crippen molar-refractivity contribution in [2.24, 2.45) is 0 Å². The Balaban J connectivity index is 2.51. The first kappa shape index (κ1) is 11.6. The van der Waals surface area contributed by atoms with Gasteiger partial charge in [-0.3, -0.25) is 4.98 Å². The fourth-order valence-electron chi connectivity index (χ4n) is 1.61. The molecule has 0 spiro atoms. The van der Waals surface area contributed by atoms with E-state index in [0.717, 1.165) is 23.3 Å². The molecule has 2 aromatic rings. The second-order valence-corrected chi connectivity index (χ2v) is 3.74. The highest BCUT2D eigenvalue weighted by molar-refractivity contribution is 5.63. The van der Waals surface area contributed by atoms with Crippen molar-refractivity contribution in [3.63, 3.8) is 0 Å². The highest BCUT2D eigenvalue weighted by Crippen LogP contribution is 2.31. The fraction of sp³-hybridized carbons (Fsp3) is 0.154. The van der Waals surface area contributed by atoms with Gasteiger partial charge >= 0.3 is 6.18 Å². The first-order valence-corrected chi connectivity index (χ1v) is 5.08. The van der Waals surface area contributed by atoms with Crippen molar-refractivity contribution < 1.29 is 13.2 Å². The van der Waals surface area contributed by atoms with Gasteiger partial charge in [-0.25, -0.2) is 0 Å². The van der Waals surface area contributed by atoms with Gasteiger partial charge in [0.05, 0.1) is 11.3 Å². The number of alkyl halides is 3. The van der Waals surface area contributed by atoms with E-state index in [2.05, 4.69) is 4.98 Å². The Kier molecular flexibility index (Phi) is 2.88. The molecule has 0 atom stereocenters. The quantitative estimate of drug-likeness (QED) is 0.728. The van der Waals surface area contributed by atoms with Gasteiger partial charge in [-0.1, -0.05) is 24.3 Å². The molecule has 0 aliphatic carbocycles. The average molecular weight is 237 g/mol. The molecular formula is C13H10F3N. The molecule has 0 aliphatic rings.